The average Bonchev–Trinajstić information content (AvgIpc) is 2.72. The summed E-state index contributed by atoms with van der Waals surface area (Å²) in [5.74, 6) is -0.267. The maximum Gasteiger partial charge on any atom is 0.315 e. The van der Waals surface area contributed by atoms with Gasteiger partial charge in [-0.3, -0.25) is 4.98 Å². The Hall–Kier alpha value is -3.41. The monoisotopic (exact) mass is 365 g/mol. The van der Waals surface area contributed by atoms with E-state index in [1.54, 1.807) is 24.4 Å². The van der Waals surface area contributed by atoms with Crippen LogP contribution < -0.4 is 15.4 Å². The molecule has 0 aliphatic carbocycles. The zero-order valence-corrected chi connectivity index (χ0v) is 14.6. The molecule has 3 aromatic rings. The van der Waals surface area contributed by atoms with Crippen LogP contribution in [0.25, 0.3) is 0 Å². The first kappa shape index (κ1) is 18.4. The predicted octanol–water partition coefficient (Wildman–Crippen LogP) is 3.69. The first-order chi connectivity index (χ1) is 13.2. The molecule has 5 nitrogen and oxygen atoms in total. The fourth-order valence-corrected chi connectivity index (χ4v) is 2.59. The van der Waals surface area contributed by atoms with Gasteiger partial charge >= 0.3 is 6.03 Å². The molecule has 1 aromatic heterocycles. The van der Waals surface area contributed by atoms with Crippen molar-refractivity contribution in [2.45, 2.75) is 6.04 Å². The number of para-hydroxylation sites is 1. The molecule has 0 aliphatic rings. The predicted molar refractivity (Wildman–Crippen MR) is 101 cm³/mol. The Bertz CT molecular complexity index is 820. The Labute approximate surface area is 157 Å². The smallest absolute Gasteiger partial charge is 0.315 e. The lowest BCUT2D eigenvalue weighted by atomic mass is 10.0. The van der Waals surface area contributed by atoms with E-state index < -0.39 is 5.82 Å². The molecule has 27 heavy (non-hydrogen) atoms. The number of hydrogen-bond donors (Lipinski definition) is 2. The molecule has 1 unspecified atom stereocenters. The van der Waals surface area contributed by atoms with Crippen molar-refractivity contribution in [1.29, 1.82) is 0 Å². The van der Waals surface area contributed by atoms with E-state index in [0.29, 0.717) is 0 Å². The lowest BCUT2D eigenvalue weighted by Gasteiger charge is -2.19. The van der Waals surface area contributed by atoms with Crippen LogP contribution in [0.1, 0.15) is 17.3 Å². The molecule has 0 radical (unpaired) electrons. The van der Waals surface area contributed by atoms with Gasteiger partial charge in [-0.15, -0.1) is 0 Å². The third-order valence-corrected chi connectivity index (χ3v) is 3.87. The highest BCUT2D eigenvalue weighted by atomic mass is 19.1. The van der Waals surface area contributed by atoms with Crippen LogP contribution >= 0.6 is 0 Å². The second kappa shape index (κ2) is 9.33. The number of urea groups is 1. The van der Waals surface area contributed by atoms with Crippen LogP contribution in [0.3, 0.4) is 0 Å². The summed E-state index contributed by atoms with van der Waals surface area (Å²) >= 11 is 0. The van der Waals surface area contributed by atoms with Crippen molar-refractivity contribution in [1.82, 2.24) is 15.6 Å². The number of ether oxygens (including phenoxy) is 1. The van der Waals surface area contributed by atoms with Gasteiger partial charge in [0, 0.05) is 6.20 Å². The molecule has 0 fully saturated rings. The summed E-state index contributed by atoms with van der Waals surface area (Å²) in [6.07, 6.45) is 1.69. The summed E-state index contributed by atoms with van der Waals surface area (Å²) in [6.45, 7) is 0.401. The van der Waals surface area contributed by atoms with E-state index >= 15 is 0 Å². The molecule has 2 amide bonds. The standard InChI is InChI=1S/C21H20FN3O2/c22-17-10-4-5-12-19(17)27-15-14-24-21(26)25-20(16-8-2-1-3-9-16)18-11-6-7-13-23-18/h1-13,20H,14-15H2,(H2,24,25,26). The first-order valence-corrected chi connectivity index (χ1v) is 8.61. The highest BCUT2D eigenvalue weighted by Gasteiger charge is 2.17. The minimum Gasteiger partial charge on any atom is -0.489 e. The van der Waals surface area contributed by atoms with Crippen LogP contribution in [0, 0.1) is 5.82 Å². The van der Waals surface area contributed by atoms with Crippen LogP contribution in [0.4, 0.5) is 9.18 Å². The second-order valence-corrected chi connectivity index (χ2v) is 5.78. The van der Waals surface area contributed by atoms with E-state index in [4.69, 9.17) is 4.74 Å². The van der Waals surface area contributed by atoms with Crippen molar-refractivity contribution >= 4 is 6.03 Å². The number of benzene rings is 2. The van der Waals surface area contributed by atoms with E-state index in [1.807, 2.05) is 48.5 Å². The third-order valence-electron chi connectivity index (χ3n) is 3.87. The van der Waals surface area contributed by atoms with Crippen molar-refractivity contribution in [2.75, 3.05) is 13.2 Å². The SMILES string of the molecule is O=C(NCCOc1ccccc1F)NC(c1ccccc1)c1ccccn1. The quantitative estimate of drug-likeness (QED) is 0.628. The highest BCUT2D eigenvalue weighted by Crippen LogP contribution is 2.19. The first-order valence-electron chi connectivity index (χ1n) is 8.61. The summed E-state index contributed by atoms with van der Waals surface area (Å²) in [5.41, 5.74) is 1.66. The number of nitrogens with zero attached hydrogens (tertiary/aromatic N) is 1. The largest absolute Gasteiger partial charge is 0.489 e. The molecule has 0 spiro atoms. The summed E-state index contributed by atoms with van der Waals surface area (Å²) < 4.78 is 18.8. The number of nitrogens with one attached hydrogen (secondary N) is 2. The molecule has 2 N–H and O–H groups in total. The molecule has 0 saturated heterocycles. The topological polar surface area (TPSA) is 63.2 Å². The maximum absolute atomic E-state index is 13.5. The molecule has 3 rings (SSSR count). The number of halogens is 1. The number of pyridine rings is 1. The molecular weight excluding hydrogens is 345 g/mol. The molecule has 138 valence electrons. The van der Waals surface area contributed by atoms with E-state index in [9.17, 15) is 9.18 Å². The summed E-state index contributed by atoms with van der Waals surface area (Å²) in [7, 11) is 0. The highest BCUT2D eigenvalue weighted by molar-refractivity contribution is 5.74. The molecule has 0 aliphatic heterocycles. The van der Waals surface area contributed by atoms with E-state index in [1.165, 1.54) is 6.07 Å². The third kappa shape index (κ3) is 5.28. The number of carbonyl (C=O) groups is 1. The van der Waals surface area contributed by atoms with Gasteiger partial charge in [-0.05, 0) is 29.8 Å². The zero-order valence-electron chi connectivity index (χ0n) is 14.6. The van der Waals surface area contributed by atoms with Crippen LogP contribution in [0.5, 0.6) is 5.75 Å². The molecular formula is C21H20FN3O2. The number of rotatable bonds is 7. The molecule has 1 heterocycles. The molecule has 0 bridgehead atoms. The number of amides is 2. The second-order valence-electron chi connectivity index (χ2n) is 5.78. The van der Waals surface area contributed by atoms with Crippen LogP contribution in [-0.4, -0.2) is 24.2 Å². The van der Waals surface area contributed by atoms with Gasteiger partial charge in [-0.25, -0.2) is 9.18 Å². The lowest BCUT2D eigenvalue weighted by Crippen LogP contribution is -2.40. The maximum atomic E-state index is 13.5. The number of carbonyl (C=O) groups excluding carboxylic acids is 1. The van der Waals surface area contributed by atoms with Gasteiger partial charge < -0.3 is 15.4 Å². The average molecular weight is 365 g/mol. The van der Waals surface area contributed by atoms with Gasteiger partial charge in [0.15, 0.2) is 11.6 Å². The summed E-state index contributed by atoms with van der Waals surface area (Å²) in [4.78, 5) is 16.6. The van der Waals surface area contributed by atoms with E-state index in [-0.39, 0.29) is 31.0 Å². The minimum atomic E-state index is -0.429. The number of aromatic nitrogens is 1. The fraction of sp³-hybridized carbons (Fsp3) is 0.143. The van der Waals surface area contributed by atoms with Crippen LogP contribution in [0.15, 0.2) is 79.0 Å². The minimum absolute atomic E-state index is 0.161. The van der Waals surface area contributed by atoms with Crippen molar-refractivity contribution in [3.8, 4) is 5.75 Å². The molecule has 1 atom stereocenters. The Morgan fingerprint density at radius 2 is 1.74 bits per heavy atom. The molecule has 2 aromatic carbocycles. The summed E-state index contributed by atoms with van der Waals surface area (Å²) in [5, 5.41) is 5.63. The Kier molecular flexibility index (Phi) is 6.35. The van der Waals surface area contributed by atoms with Gasteiger partial charge in [-0.2, -0.15) is 0 Å². The van der Waals surface area contributed by atoms with Crippen molar-refractivity contribution < 1.29 is 13.9 Å². The Balaban J connectivity index is 1.56. The summed E-state index contributed by atoms with van der Waals surface area (Å²) in [6, 6.07) is 20.6. The van der Waals surface area contributed by atoms with E-state index in [0.717, 1.165) is 11.3 Å². The van der Waals surface area contributed by atoms with Gasteiger partial charge in [0.1, 0.15) is 6.61 Å². The van der Waals surface area contributed by atoms with Gasteiger partial charge in [0.05, 0.1) is 18.3 Å². The van der Waals surface area contributed by atoms with Gasteiger partial charge in [0.25, 0.3) is 0 Å². The van der Waals surface area contributed by atoms with Crippen LogP contribution in [-0.2, 0) is 0 Å². The Morgan fingerprint density at radius 3 is 2.48 bits per heavy atom. The normalized spacial score (nSPS) is 11.4. The van der Waals surface area contributed by atoms with Gasteiger partial charge in [-0.1, -0.05) is 48.5 Å². The van der Waals surface area contributed by atoms with E-state index in [2.05, 4.69) is 15.6 Å². The van der Waals surface area contributed by atoms with Crippen molar-refractivity contribution in [3.63, 3.8) is 0 Å². The Morgan fingerprint density at radius 1 is 1.00 bits per heavy atom. The lowest BCUT2D eigenvalue weighted by molar-refractivity contribution is 0.233. The van der Waals surface area contributed by atoms with Crippen molar-refractivity contribution in [3.05, 3.63) is 96.1 Å². The number of hydrogen-bond acceptors (Lipinski definition) is 3. The van der Waals surface area contributed by atoms with Crippen molar-refractivity contribution in [2.24, 2.45) is 0 Å². The fourth-order valence-electron chi connectivity index (χ4n) is 2.59. The van der Waals surface area contributed by atoms with Crippen LogP contribution in [0.2, 0.25) is 0 Å². The zero-order chi connectivity index (χ0) is 18.9. The molecule has 0 saturated carbocycles. The van der Waals surface area contributed by atoms with Gasteiger partial charge in [0.2, 0.25) is 0 Å². The molecule has 6 heteroatoms.